The molecule has 7 heteroatoms. The first-order chi connectivity index (χ1) is 9.11. The quantitative estimate of drug-likeness (QED) is 0.474. The number of esters is 1. The van der Waals surface area contributed by atoms with Crippen LogP contribution in [-0.4, -0.2) is 27.8 Å². The fourth-order valence-corrected chi connectivity index (χ4v) is 1.69. The number of ether oxygens (including phenoxy) is 1. The lowest BCUT2D eigenvalue weighted by Crippen LogP contribution is -2.07. The van der Waals surface area contributed by atoms with Gasteiger partial charge in [-0.1, -0.05) is 6.07 Å². The van der Waals surface area contributed by atoms with Gasteiger partial charge < -0.3 is 4.74 Å². The van der Waals surface area contributed by atoms with Crippen molar-refractivity contribution in [3.63, 3.8) is 0 Å². The van der Waals surface area contributed by atoms with Crippen LogP contribution in [0.5, 0.6) is 0 Å². The lowest BCUT2D eigenvalue weighted by Gasteiger charge is -2.05. The minimum Gasteiger partial charge on any atom is -0.465 e. The molecule has 0 saturated carbocycles. The van der Waals surface area contributed by atoms with Gasteiger partial charge in [-0.3, -0.25) is 14.8 Å². The molecule has 0 fully saturated rings. The van der Waals surface area contributed by atoms with Gasteiger partial charge in [-0.15, -0.1) is 0 Å². The second kappa shape index (κ2) is 5.30. The van der Waals surface area contributed by atoms with E-state index in [1.807, 2.05) is 0 Å². The number of aromatic nitrogens is 2. The Kier molecular flexibility index (Phi) is 3.56. The lowest BCUT2D eigenvalue weighted by molar-refractivity contribution is -0.385. The van der Waals surface area contributed by atoms with Gasteiger partial charge in [0, 0.05) is 18.5 Å². The molecule has 98 valence electrons. The van der Waals surface area contributed by atoms with Gasteiger partial charge in [0.2, 0.25) is 0 Å². The SMILES string of the molecule is COC(=O)c1ccc(Cn2cccn2)cc1[N+](=O)[O-]. The van der Waals surface area contributed by atoms with Gasteiger partial charge in [0.05, 0.1) is 18.6 Å². The van der Waals surface area contributed by atoms with Gasteiger partial charge in [-0.05, 0) is 17.7 Å². The summed E-state index contributed by atoms with van der Waals surface area (Å²) in [5, 5.41) is 15.0. The normalized spacial score (nSPS) is 10.2. The van der Waals surface area contributed by atoms with Crippen LogP contribution in [0.2, 0.25) is 0 Å². The first-order valence-electron chi connectivity index (χ1n) is 5.45. The van der Waals surface area contributed by atoms with Crippen molar-refractivity contribution in [1.29, 1.82) is 0 Å². The highest BCUT2D eigenvalue weighted by molar-refractivity contribution is 5.93. The molecule has 19 heavy (non-hydrogen) atoms. The van der Waals surface area contributed by atoms with Crippen LogP contribution < -0.4 is 0 Å². The molecule has 0 atom stereocenters. The van der Waals surface area contributed by atoms with Gasteiger partial charge in [0.15, 0.2) is 0 Å². The highest BCUT2D eigenvalue weighted by Gasteiger charge is 2.21. The smallest absolute Gasteiger partial charge is 0.344 e. The zero-order valence-electron chi connectivity index (χ0n) is 10.1. The zero-order valence-corrected chi connectivity index (χ0v) is 10.1. The van der Waals surface area contributed by atoms with E-state index in [9.17, 15) is 14.9 Å². The van der Waals surface area contributed by atoms with E-state index in [0.29, 0.717) is 12.1 Å². The van der Waals surface area contributed by atoms with E-state index in [1.165, 1.54) is 19.2 Å². The fourth-order valence-electron chi connectivity index (χ4n) is 1.69. The van der Waals surface area contributed by atoms with E-state index in [4.69, 9.17) is 0 Å². The maximum Gasteiger partial charge on any atom is 0.344 e. The number of hydrogen-bond donors (Lipinski definition) is 0. The molecule has 0 bridgehead atoms. The van der Waals surface area contributed by atoms with E-state index in [1.54, 1.807) is 29.2 Å². The van der Waals surface area contributed by atoms with E-state index in [2.05, 4.69) is 9.84 Å². The van der Waals surface area contributed by atoms with E-state index >= 15 is 0 Å². The minimum atomic E-state index is -0.725. The molecule has 2 aromatic rings. The molecular weight excluding hydrogens is 250 g/mol. The molecule has 0 aliphatic carbocycles. The monoisotopic (exact) mass is 261 g/mol. The summed E-state index contributed by atoms with van der Waals surface area (Å²) in [6, 6.07) is 6.15. The van der Waals surface area contributed by atoms with Crippen molar-refractivity contribution in [3.8, 4) is 0 Å². The largest absolute Gasteiger partial charge is 0.465 e. The number of carbonyl (C=O) groups is 1. The summed E-state index contributed by atoms with van der Waals surface area (Å²) >= 11 is 0. The Bertz CT molecular complexity index is 607. The van der Waals surface area contributed by atoms with Crippen molar-refractivity contribution < 1.29 is 14.5 Å². The number of rotatable bonds is 4. The van der Waals surface area contributed by atoms with Crippen LogP contribution in [-0.2, 0) is 11.3 Å². The van der Waals surface area contributed by atoms with Crippen molar-refractivity contribution in [1.82, 2.24) is 9.78 Å². The van der Waals surface area contributed by atoms with E-state index < -0.39 is 10.9 Å². The summed E-state index contributed by atoms with van der Waals surface area (Å²) in [6.07, 6.45) is 3.37. The molecular formula is C12H11N3O4. The van der Waals surface area contributed by atoms with Crippen LogP contribution in [0.3, 0.4) is 0 Å². The molecule has 0 unspecified atom stereocenters. The molecule has 0 aliphatic rings. The fraction of sp³-hybridized carbons (Fsp3) is 0.167. The van der Waals surface area contributed by atoms with Crippen molar-refractivity contribution in [2.75, 3.05) is 7.11 Å². The molecule has 2 rings (SSSR count). The van der Waals surface area contributed by atoms with Crippen LogP contribution in [0.15, 0.2) is 36.7 Å². The summed E-state index contributed by atoms with van der Waals surface area (Å²) in [6.45, 7) is 0.398. The van der Waals surface area contributed by atoms with Gasteiger partial charge in [0.25, 0.3) is 5.69 Å². The number of nitrogens with zero attached hydrogens (tertiary/aromatic N) is 3. The Morgan fingerprint density at radius 3 is 2.89 bits per heavy atom. The van der Waals surface area contributed by atoms with E-state index in [0.717, 1.165) is 0 Å². The van der Waals surface area contributed by atoms with Crippen LogP contribution in [0.1, 0.15) is 15.9 Å². The Labute approximate surface area is 108 Å². The second-order valence-corrected chi connectivity index (χ2v) is 3.80. The van der Waals surface area contributed by atoms with E-state index in [-0.39, 0.29) is 11.3 Å². The number of carbonyl (C=O) groups excluding carboxylic acids is 1. The van der Waals surface area contributed by atoms with Crippen molar-refractivity contribution >= 4 is 11.7 Å². The van der Waals surface area contributed by atoms with Gasteiger partial charge in [-0.25, -0.2) is 4.79 Å². The highest BCUT2D eigenvalue weighted by Crippen LogP contribution is 2.21. The van der Waals surface area contributed by atoms with Gasteiger partial charge >= 0.3 is 5.97 Å². The third-order valence-corrected chi connectivity index (χ3v) is 2.57. The average molecular weight is 261 g/mol. The lowest BCUT2D eigenvalue weighted by atomic mass is 10.1. The molecule has 0 aliphatic heterocycles. The van der Waals surface area contributed by atoms with Gasteiger partial charge in [-0.2, -0.15) is 5.10 Å². The Morgan fingerprint density at radius 1 is 1.53 bits per heavy atom. The number of methoxy groups -OCH3 is 1. The summed E-state index contributed by atoms with van der Waals surface area (Å²) in [5.41, 5.74) is 0.358. The van der Waals surface area contributed by atoms with Crippen molar-refractivity contribution in [2.45, 2.75) is 6.54 Å². The molecule has 0 amide bonds. The molecule has 0 radical (unpaired) electrons. The van der Waals surface area contributed by atoms with Crippen molar-refractivity contribution in [3.05, 3.63) is 57.9 Å². The highest BCUT2D eigenvalue weighted by atomic mass is 16.6. The maximum absolute atomic E-state index is 11.4. The first-order valence-corrected chi connectivity index (χ1v) is 5.45. The minimum absolute atomic E-state index is 0.0586. The van der Waals surface area contributed by atoms with Crippen LogP contribution >= 0.6 is 0 Å². The Balaban J connectivity index is 2.36. The Hall–Kier alpha value is -2.70. The summed E-state index contributed by atoms with van der Waals surface area (Å²) in [4.78, 5) is 21.8. The predicted octanol–water partition coefficient (Wildman–Crippen LogP) is 1.63. The van der Waals surface area contributed by atoms with Crippen molar-refractivity contribution in [2.24, 2.45) is 0 Å². The predicted molar refractivity (Wildman–Crippen MR) is 65.8 cm³/mol. The molecule has 0 spiro atoms. The summed E-state index contributed by atoms with van der Waals surface area (Å²) in [7, 11) is 1.18. The molecule has 1 aromatic carbocycles. The number of nitro groups is 1. The molecule has 0 saturated heterocycles. The molecule has 1 aromatic heterocycles. The third kappa shape index (κ3) is 2.76. The Morgan fingerprint density at radius 2 is 2.32 bits per heavy atom. The standard InChI is InChI=1S/C12H11N3O4/c1-19-12(16)10-4-3-9(7-11(10)15(17)18)8-14-6-2-5-13-14/h2-7H,8H2,1H3. The maximum atomic E-state index is 11.4. The van der Waals surface area contributed by atoms with Crippen LogP contribution in [0.25, 0.3) is 0 Å². The summed E-state index contributed by atoms with van der Waals surface area (Å²) < 4.78 is 6.15. The summed E-state index contributed by atoms with van der Waals surface area (Å²) in [5.74, 6) is -0.725. The molecule has 1 heterocycles. The topological polar surface area (TPSA) is 87.3 Å². The number of nitro benzene ring substituents is 1. The molecule has 0 N–H and O–H groups in total. The first kappa shape index (κ1) is 12.7. The molecule has 7 nitrogen and oxygen atoms in total. The number of benzene rings is 1. The second-order valence-electron chi connectivity index (χ2n) is 3.80. The van der Waals surface area contributed by atoms with Gasteiger partial charge in [0.1, 0.15) is 5.56 Å². The van der Waals surface area contributed by atoms with Crippen LogP contribution in [0.4, 0.5) is 5.69 Å². The number of hydrogen-bond acceptors (Lipinski definition) is 5. The van der Waals surface area contributed by atoms with Crippen LogP contribution in [0, 0.1) is 10.1 Å². The zero-order chi connectivity index (χ0) is 13.8. The average Bonchev–Trinajstić information content (AvgIpc) is 2.90. The third-order valence-electron chi connectivity index (χ3n) is 2.57.